The number of carbonyl (C=O) groups is 1. The maximum absolute atomic E-state index is 12.0. The zero-order valence-electron chi connectivity index (χ0n) is 12.0. The van der Waals surface area contributed by atoms with Gasteiger partial charge in [-0.2, -0.15) is 0 Å². The Morgan fingerprint density at radius 1 is 1.40 bits per heavy atom. The van der Waals surface area contributed by atoms with Crippen molar-refractivity contribution in [2.45, 2.75) is 26.7 Å². The van der Waals surface area contributed by atoms with Crippen molar-refractivity contribution in [3.8, 4) is 0 Å². The number of anilines is 1. The van der Waals surface area contributed by atoms with E-state index < -0.39 is 0 Å². The number of halogens is 1. The number of fused-ring (bicyclic) bond motifs is 1. The Bertz CT molecular complexity index is 525. The summed E-state index contributed by atoms with van der Waals surface area (Å²) in [5.74, 6) is -0.197. The smallest absolute Gasteiger partial charge is 0.334 e. The highest BCUT2D eigenvalue weighted by atomic mass is 79.9. The monoisotopic (exact) mass is 337 g/mol. The maximum Gasteiger partial charge on any atom is 0.334 e. The molecule has 1 aliphatic heterocycles. The Morgan fingerprint density at radius 2 is 2.20 bits per heavy atom. The minimum absolute atomic E-state index is 0.197. The third-order valence-electron chi connectivity index (χ3n) is 3.34. The third-order valence-corrected chi connectivity index (χ3v) is 3.84. The molecule has 0 atom stereocenters. The SMILES string of the molecule is CCCN1CCC(C(=O)OCC)=Cc2cc(Br)ccc21. The molecule has 0 spiro atoms. The predicted molar refractivity (Wildman–Crippen MR) is 85.9 cm³/mol. The number of carbonyl (C=O) groups excluding carboxylic acids is 1. The van der Waals surface area contributed by atoms with E-state index in [9.17, 15) is 4.79 Å². The molecule has 4 heteroatoms. The van der Waals surface area contributed by atoms with Gasteiger partial charge in [-0.3, -0.25) is 0 Å². The van der Waals surface area contributed by atoms with Crippen molar-refractivity contribution in [1.29, 1.82) is 0 Å². The van der Waals surface area contributed by atoms with Gasteiger partial charge in [0.1, 0.15) is 0 Å². The second-order valence-corrected chi connectivity index (χ2v) is 5.75. The zero-order chi connectivity index (χ0) is 14.5. The number of esters is 1. The van der Waals surface area contributed by atoms with Gasteiger partial charge in [0, 0.05) is 28.8 Å². The molecule has 108 valence electrons. The summed E-state index contributed by atoms with van der Waals surface area (Å²) >= 11 is 3.50. The molecule has 0 N–H and O–H groups in total. The number of benzene rings is 1. The molecule has 0 aromatic heterocycles. The molecule has 0 aliphatic carbocycles. The first-order chi connectivity index (χ1) is 9.65. The average Bonchev–Trinajstić information content (AvgIpc) is 2.59. The lowest BCUT2D eigenvalue weighted by atomic mass is 10.1. The Balaban J connectivity index is 2.37. The molecule has 1 aromatic rings. The largest absolute Gasteiger partial charge is 0.463 e. The molecule has 1 aromatic carbocycles. The summed E-state index contributed by atoms with van der Waals surface area (Å²) in [5.41, 5.74) is 3.02. The van der Waals surface area contributed by atoms with Crippen LogP contribution < -0.4 is 4.90 Å². The van der Waals surface area contributed by atoms with Crippen LogP contribution in [0.1, 0.15) is 32.3 Å². The Kier molecular flexibility index (Phi) is 5.24. The number of rotatable bonds is 4. The standard InChI is InChI=1S/C16H20BrNO2/c1-3-8-18-9-7-12(16(19)20-4-2)10-13-11-14(17)5-6-15(13)18/h5-6,10-11H,3-4,7-9H2,1-2H3. The van der Waals surface area contributed by atoms with Gasteiger partial charge in [-0.05, 0) is 49.6 Å². The number of hydrogen-bond acceptors (Lipinski definition) is 3. The quantitative estimate of drug-likeness (QED) is 0.777. The molecule has 0 saturated carbocycles. The minimum atomic E-state index is -0.197. The van der Waals surface area contributed by atoms with Crippen LogP contribution in [0.15, 0.2) is 28.2 Å². The fraction of sp³-hybridized carbons (Fsp3) is 0.438. The predicted octanol–water partition coefficient (Wildman–Crippen LogP) is 4.02. The highest BCUT2D eigenvalue weighted by Gasteiger charge is 2.19. The summed E-state index contributed by atoms with van der Waals surface area (Å²) in [7, 11) is 0. The van der Waals surface area contributed by atoms with Crippen molar-refractivity contribution in [3.05, 3.63) is 33.8 Å². The van der Waals surface area contributed by atoms with Gasteiger partial charge < -0.3 is 9.64 Å². The van der Waals surface area contributed by atoms with Crippen molar-refractivity contribution >= 4 is 33.7 Å². The van der Waals surface area contributed by atoms with Crippen molar-refractivity contribution in [1.82, 2.24) is 0 Å². The van der Waals surface area contributed by atoms with Gasteiger partial charge in [0.2, 0.25) is 0 Å². The first-order valence-corrected chi connectivity index (χ1v) is 7.87. The lowest BCUT2D eigenvalue weighted by Crippen LogP contribution is -2.25. The second kappa shape index (κ2) is 6.93. The summed E-state index contributed by atoms with van der Waals surface area (Å²) in [4.78, 5) is 14.3. The lowest BCUT2D eigenvalue weighted by Gasteiger charge is -2.24. The molecule has 0 unspecified atom stereocenters. The van der Waals surface area contributed by atoms with Crippen LogP contribution in [0, 0.1) is 0 Å². The molecule has 2 rings (SSSR count). The van der Waals surface area contributed by atoms with Crippen molar-refractivity contribution in [3.63, 3.8) is 0 Å². The topological polar surface area (TPSA) is 29.5 Å². The van der Waals surface area contributed by atoms with E-state index in [1.807, 2.05) is 19.1 Å². The Labute approximate surface area is 128 Å². The van der Waals surface area contributed by atoms with Crippen LogP contribution in [0.5, 0.6) is 0 Å². The molecule has 1 heterocycles. The number of nitrogens with zero attached hydrogens (tertiary/aromatic N) is 1. The van der Waals surface area contributed by atoms with E-state index in [0.29, 0.717) is 6.61 Å². The van der Waals surface area contributed by atoms with Crippen LogP contribution in [-0.4, -0.2) is 25.7 Å². The van der Waals surface area contributed by atoms with Crippen LogP contribution in [-0.2, 0) is 9.53 Å². The molecule has 0 fully saturated rings. The molecule has 20 heavy (non-hydrogen) atoms. The van der Waals surface area contributed by atoms with Gasteiger partial charge in [0.15, 0.2) is 0 Å². The zero-order valence-corrected chi connectivity index (χ0v) is 13.6. The van der Waals surface area contributed by atoms with E-state index in [-0.39, 0.29) is 5.97 Å². The van der Waals surface area contributed by atoms with Gasteiger partial charge in [0.25, 0.3) is 0 Å². The van der Waals surface area contributed by atoms with Crippen molar-refractivity contribution < 1.29 is 9.53 Å². The van der Waals surface area contributed by atoms with Crippen LogP contribution in [0.2, 0.25) is 0 Å². The minimum Gasteiger partial charge on any atom is -0.463 e. The maximum atomic E-state index is 12.0. The molecule has 0 radical (unpaired) electrons. The fourth-order valence-corrected chi connectivity index (χ4v) is 2.83. The fourth-order valence-electron chi connectivity index (χ4n) is 2.45. The first kappa shape index (κ1) is 15.1. The van der Waals surface area contributed by atoms with Crippen molar-refractivity contribution in [2.75, 3.05) is 24.6 Å². The van der Waals surface area contributed by atoms with Crippen LogP contribution >= 0.6 is 15.9 Å². The van der Waals surface area contributed by atoms with E-state index in [1.54, 1.807) is 0 Å². The van der Waals surface area contributed by atoms with Crippen LogP contribution in [0.4, 0.5) is 5.69 Å². The summed E-state index contributed by atoms with van der Waals surface area (Å²) in [6.45, 7) is 6.28. The molecule has 0 amide bonds. The normalized spacial score (nSPS) is 14.3. The van der Waals surface area contributed by atoms with Crippen molar-refractivity contribution in [2.24, 2.45) is 0 Å². The van der Waals surface area contributed by atoms with E-state index in [1.165, 1.54) is 5.69 Å². The highest BCUT2D eigenvalue weighted by molar-refractivity contribution is 9.10. The summed E-state index contributed by atoms with van der Waals surface area (Å²) in [5, 5.41) is 0. The summed E-state index contributed by atoms with van der Waals surface area (Å²) < 4.78 is 6.16. The van der Waals surface area contributed by atoms with Gasteiger partial charge >= 0.3 is 5.97 Å². The number of hydrogen-bond donors (Lipinski definition) is 0. The van der Waals surface area contributed by atoms with Crippen LogP contribution in [0.3, 0.4) is 0 Å². The Hall–Kier alpha value is -1.29. The summed E-state index contributed by atoms with van der Waals surface area (Å²) in [6.07, 6.45) is 3.78. The van der Waals surface area contributed by atoms with Gasteiger partial charge in [0.05, 0.1) is 6.61 Å². The van der Waals surface area contributed by atoms with Gasteiger partial charge in [-0.25, -0.2) is 4.79 Å². The van der Waals surface area contributed by atoms with E-state index in [0.717, 1.165) is 41.5 Å². The van der Waals surface area contributed by atoms with Gasteiger partial charge in [-0.1, -0.05) is 22.9 Å². The second-order valence-electron chi connectivity index (χ2n) is 4.83. The van der Waals surface area contributed by atoms with E-state index in [4.69, 9.17) is 4.74 Å². The average molecular weight is 338 g/mol. The lowest BCUT2D eigenvalue weighted by molar-refractivity contribution is -0.138. The number of ether oxygens (including phenoxy) is 1. The third kappa shape index (κ3) is 3.42. The van der Waals surface area contributed by atoms with E-state index in [2.05, 4.69) is 39.9 Å². The molecule has 1 aliphatic rings. The van der Waals surface area contributed by atoms with E-state index >= 15 is 0 Å². The Morgan fingerprint density at radius 3 is 2.90 bits per heavy atom. The molecule has 0 bridgehead atoms. The molecule has 0 saturated heterocycles. The first-order valence-electron chi connectivity index (χ1n) is 7.08. The van der Waals surface area contributed by atoms with Crippen LogP contribution in [0.25, 0.3) is 6.08 Å². The summed E-state index contributed by atoms with van der Waals surface area (Å²) in [6, 6.07) is 6.22. The highest BCUT2D eigenvalue weighted by Crippen LogP contribution is 2.31. The molecular formula is C16H20BrNO2. The molecule has 3 nitrogen and oxygen atoms in total. The molecular weight excluding hydrogens is 318 g/mol. The van der Waals surface area contributed by atoms with Gasteiger partial charge in [-0.15, -0.1) is 0 Å².